The Morgan fingerprint density at radius 1 is 0.911 bits per heavy atom. The molecule has 3 N–H and O–H groups in total. The van der Waals surface area contributed by atoms with Gasteiger partial charge in [-0.25, -0.2) is 30.3 Å². The summed E-state index contributed by atoms with van der Waals surface area (Å²) >= 11 is 0. The van der Waals surface area contributed by atoms with Crippen LogP contribution in [0.1, 0.15) is 32.1 Å². The van der Waals surface area contributed by atoms with Gasteiger partial charge in [0.15, 0.2) is 0 Å². The van der Waals surface area contributed by atoms with Crippen LogP contribution in [0, 0.1) is 0 Å². The summed E-state index contributed by atoms with van der Waals surface area (Å²) in [5, 5.41) is 15.7. The molecular weight excluding hydrogens is 628 g/mol. The summed E-state index contributed by atoms with van der Waals surface area (Å²) in [4.78, 5) is 0.179. The third-order valence-corrected chi connectivity index (χ3v) is 12.2. The number of hydrogen-bond donors (Lipinski definition) is 3. The van der Waals surface area contributed by atoms with Crippen molar-refractivity contribution in [2.24, 2.45) is 0 Å². The van der Waals surface area contributed by atoms with E-state index in [1.165, 1.54) is 22.5 Å². The van der Waals surface area contributed by atoms with E-state index in [-0.39, 0.29) is 34.7 Å². The van der Waals surface area contributed by atoms with Crippen molar-refractivity contribution in [2.75, 3.05) is 32.8 Å². The molecule has 3 aromatic carbocycles. The molecule has 6 rings (SSSR count). The van der Waals surface area contributed by atoms with E-state index in [1.54, 1.807) is 18.2 Å². The number of fused-ring (bicyclic) bond motifs is 1. The first kappa shape index (κ1) is 32.2. The van der Waals surface area contributed by atoms with Gasteiger partial charge in [0.2, 0.25) is 20.0 Å². The maximum Gasteiger partial charge on any atom is 0.251 e. The van der Waals surface area contributed by atoms with Crippen LogP contribution in [0.4, 0.5) is 8.78 Å². The maximum atomic E-state index is 13.4. The molecule has 3 aromatic rings. The maximum absolute atomic E-state index is 13.4. The molecule has 0 amide bonds. The summed E-state index contributed by atoms with van der Waals surface area (Å²) in [6, 6.07) is 17.7. The smallest absolute Gasteiger partial charge is 0.251 e. The van der Waals surface area contributed by atoms with Gasteiger partial charge in [0, 0.05) is 50.6 Å². The van der Waals surface area contributed by atoms with Gasteiger partial charge in [-0.15, -0.1) is 0 Å². The third kappa shape index (κ3) is 7.32. The molecule has 3 aliphatic rings. The number of halogens is 2. The van der Waals surface area contributed by atoms with Crippen molar-refractivity contribution in [3.8, 4) is 5.75 Å². The number of alkyl halides is 2. The van der Waals surface area contributed by atoms with E-state index in [0.717, 1.165) is 10.8 Å². The molecule has 1 aliphatic carbocycles. The second kappa shape index (κ2) is 12.5. The van der Waals surface area contributed by atoms with Crippen molar-refractivity contribution >= 4 is 30.8 Å². The minimum atomic E-state index is -3.99. The number of nitrogens with one attached hydrogen (secondary N) is 2. The number of piperidine rings is 1. The van der Waals surface area contributed by atoms with Crippen molar-refractivity contribution in [3.05, 3.63) is 66.7 Å². The van der Waals surface area contributed by atoms with Crippen molar-refractivity contribution in [1.29, 1.82) is 0 Å². The molecular formula is C31H37F2N3O7S2. The largest absolute Gasteiger partial charge is 0.491 e. The van der Waals surface area contributed by atoms with E-state index in [4.69, 9.17) is 9.47 Å². The van der Waals surface area contributed by atoms with Crippen LogP contribution in [0.5, 0.6) is 5.75 Å². The van der Waals surface area contributed by atoms with Gasteiger partial charge in [-0.1, -0.05) is 36.4 Å². The fourth-order valence-corrected chi connectivity index (χ4v) is 9.00. The van der Waals surface area contributed by atoms with Crippen LogP contribution in [-0.2, 0) is 24.8 Å². The fourth-order valence-electron chi connectivity index (χ4n) is 6.25. The van der Waals surface area contributed by atoms with E-state index in [0.29, 0.717) is 39.0 Å². The van der Waals surface area contributed by atoms with Crippen molar-refractivity contribution in [1.82, 2.24) is 14.3 Å². The molecule has 2 unspecified atom stereocenters. The number of aliphatic hydroxyl groups excluding tert-OH is 1. The molecule has 2 saturated heterocycles. The van der Waals surface area contributed by atoms with E-state index in [2.05, 4.69) is 10.0 Å². The van der Waals surface area contributed by atoms with Gasteiger partial charge in [-0.2, -0.15) is 4.31 Å². The summed E-state index contributed by atoms with van der Waals surface area (Å²) in [7, 11) is -7.62. The average molecular weight is 666 g/mol. The van der Waals surface area contributed by atoms with Crippen LogP contribution in [0.2, 0.25) is 0 Å². The lowest BCUT2D eigenvalue weighted by molar-refractivity contribution is -0.0876. The predicted octanol–water partition coefficient (Wildman–Crippen LogP) is 3.26. The molecule has 244 valence electrons. The number of benzene rings is 3. The minimum Gasteiger partial charge on any atom is -0.491 e. The highest BCUT2D eigenvalue weighted by Crippen LogP contribution is 2.39. The van der Waals surface area contributed by atoms with Crippen LogP contribution >= 0.6 is 0 Å². The zero-order valence-corrected chi connectivity index (χ0v) is 26.2. The lowest BCUT2D eigenvalue weighted by Gasteiger charge is -2.38. The highest BCUT2D eigenvalue weighted by atomic mass is 32.2. The lowest BCUT2D eigenvalue weighted by atomic mass is 9.88. The third-order valence-electron chi connectivity index (χ3n) is 8.81. The van der Waals surface area contributed by atoms with E-state index >= 15 is 0 Å². The zero-order chi connectivity index (χ0) is 31.9. The average Bonchev–Trinajstić information content (AvgIpc) is 3.40. The van der Waals surface area contributed by atoms with Gasteiger partial charge in [-0.3, -0.25) is 0 Å². The molecule has 2 heterocycles. The molecule has 3 fully saturated rings. The SMILES string of the molecule is O=S(=O)(NC1CC(F)(F)C1)c1cccc(OCC(O)CNC2COC3(CCN(S(=O)(=O)c4ccc5ccccc5c4)CC3)C2)c1. The summed E-state index contributed by atoms with van der Waals surface area (Å²) in [5.74, 6) is -2.61. The molecule has 0 bridgehead atoms. The Labute approximate surface area is 261 Å². The first-order chi connectivity index (χ1) is 21.3. The summed E-state index contributed by atoms with van der Waals surface area (Å²) < 4.78 is 93.7. The Hall–Kier alpha value is -2.72. The first-order valence-corrected chi connectivity index (χ1v) is 17.9. The monoisotopic (exact) mass is 665 g/mol. The Kier molecular flexibility index (Phi) is 8.93. The van der Waals surface area contributed by atoms with E-state index in [9.17, 15) is 30.7 Å². The van der Waals surface area contributed by atoms with Gasteiger partial charge in [-0.05, 0) is 54.3 Å². The highest BCUT2D eigenvalue weighted by molar-refractivity contribution is 7.89. The molecule has 1 saturated carbocycles. The quantitative estimate of drug-likeness (QED) is 0.284. The molecule has 0 aromatic heterocycles. The Morgan fingerprint density at radius 3 is 2.38 bits per heavy atom. The number of ether oxygens (including phenoxy) is 2. The van der Waals surface area contributed by atoms with Crippen LogP contribution in [0.15, 0.2) is 76.5 Å². The molecule has 45 heavy (non-hydrogen) atoms. The first-order valence-electron chi connectivity index (χ1n) is 15.0. The van der Waals surface area contributed by atoms with Gasteiger partial charge < -0.3 is 19.9 Å². The number of aliphatic hydroxyl groups is 1. The number of hydrogen-bond acceptors (Lipinski definition) is 8. The summed E-state index contributed by atoms with van der Waals surface area (Å²) in [6.07, 6.45) is -0.125. The van der Waals surface area contributed by atoms with Crippen LogP contribution in [0.25, 0.3) is 10.8 Å². The van der Waals surface area contributed by atoms with Gasteiger partial charge in [0.1, 0.15) is 18.5 Å². The minimum absolute atomic E-state index is 0.0262. The van der Waals surface area contributed by atoms with Gasteiger partial charge in [0.05, 0.1) is 22.0 Å². The zero-order valence-electron chi connectivity index (χ0n) is 24.6. The second-order valence-electron chi connectivity index (χ2n) is 12.2. The van der Waals surface area contributed by atoms with Crippen molar-refractivity contribution < 1.29 is 40.2 Å². The predicted molar refractivity (Wildman–Crippen MR) is 163 cm³/mol. The summed E-state index contributed by atoms with van der Waals surface area (Å²) in [5.41, 5.74) is -0.427. The molecule has 2 aliphatic heterocycles. The number of sulfonamides is 2. The molecule has 14 heteroatoms. The highest BCUT2D eigenvalue weighted by Gasteiger charge is 2.47. The van der Waals surface area contributed by atoms with Crippen molar-refractivity contribution in [2.45, 2.75) is 71.6 Å². The van der Waals surface area contributed by atoms with Gasteiger partial charge in [0.25, 0.3) is 5.92 Å². The Bertz CT molecular complexity index is 1740. The van der Waals surface area contributed by atoms with Crippen LogP contribution in [0.3, 0.4) is 0 Å². The molecule has 2 atom stereocenters. The number of rotatable bonds is 11. The fraction of sp³-hybridized carbons (Fsp3) is 0.484. The van der Waals surface area contributed by atoms with Crippen molar-refractivity contribution in [3.63, 3.8) is 0 Å². The van der Waals surface area contributed by atoms with E-state index < -0.39 is 56.6 Å². The molecule has 0 radical (unpaired) electrons. The second-order valence-corrected chi connectivity index (χ2v) is 15.9. The normalized spacial score (nSPS) is 22.8. The number of nitrogens with zero attached hydrogens (tertiary/aromatic N) is 1. The van der Waals surface area contributed by atoms with Crippen LogP contribution < -0.4 is 14.8 Å². The standard InChI is InChI=1S/C31H37F2N3O7S2/c32-31(33)17-24(18-31)35-44(38,39)28-7-3-6-27(15-28)42-21-26(37)19-34-25-16-30(43-20-25)10-12-36(13-11-30)45(40,41)29-9-8-22-4-1-2-5-23(22)14-29/h1-9,14-15,24-26,34-35,37H,10-13,16-21H2. The van der Waals surface area contributed by atoms with Crippen LogP contribution in [-0.4, -0.2) is 88.8 Å². The lowest BCUT2D eigenvalue weighted by Crippen LogP contribution is -2.50. The molecule has 10 nitrogen and oxygen atoms in total. The Balaban J connectivity index is 0.949. The topological polar surface area (TPSA) is 134 Å². The summed E-state index contributed by atoms with van der Waals surface area (Å²) in [6.45, 7) is 1.26. The van der Waals surface area contributed by atoms with Gasteiger partial charge >= 0.3 is 0 Å². The van der Waals surface area contributed by atoms with E-state index in [1.807, 2.05) is 30.3 Å². The Morgan fingerprint density at radius 2 is 1.64 bits per heavy atom. The molecule has 1 spiro atoms.